The van der Waals surface area contributed by atoms with Crippen molar-refractivity contribution in [3.63, 3.8) is 0 Å². The van der Waals surface area contributed by atoms with Crippen molar-refractivity contribution >= 4 is 22.9 Å². The number of thiophene rings is 1. The minimum absolute atomic E-state index is 0.0278. The number of aromatic nitrogens is 3. The van der Waals surface area contributed by atoms with E-state index in [9.17, 15) is 0 Å². The summed E-state index contributed by atoms with van der Waals surface area (Å²) in [4.78, 5) is 2.71. The minimum Gasteiger partial charge on any atom is -0.304 e. The molecule has 108 valence electrons. The first-order valence-electron chi connectivity index (χ1n) is 6.73. The summed E-state index contributed by atoms with van der Waals surface area (Å²) in [5.41, 5.74) is 1.81. The van der Waals surface area contributed by atoms with Gasteiger partial charge in [-0.3, -0.25) is 0 Å². The Morgan fingerprint density at radius 2 is 2.10 bits per heavy atom. The topological polar surface area (TPSA) is 42.7 Å². The molecule has 2 aromatic heterocycles. The van der Waals surface area contributed by atoms with Crippen LogP contribution in [0.25, 0.3) is 5.69 Å². The number of para-hydroxylation sites is 1. The van der Waals surface area contributed by atoms with Gasteiger partial charge in [0.15, 0.2) is 0 Å². The first kappa shape index (κ1) is 14.3. The molecule has 3 aromatic rings. The molecule has 0 saturated carbocycles. The third-order valence-corrected chi connectivity index (χ3v) is 4.53. The second kappa shape index (κ2) is 6.39. The summed E-state index contributed by atoms with van der Waals surface area (Å²) in [6, 6.07) is 11.7. The molecule has 2 heterocycles. The van der Waals surface area contributed by atoms with Crippen LogP contribution in [0.15, 0.2) is 48.0 Å². The Labute approximate surface area is 132 Å². The maximum absolute atomic E-state index is 6.26. The van der Waals surface area contributed by atoms with E-state index in [0.717, 1.165) is 27.8 Å². The van der Waals surface area contributed by atoms with Crippen molar-refractivity contribution in [3.05, 3.63) is 63.6 Å². The Morgan fingerprint density at radius 1 is 1.29 bits per heavy atom. The van der Waals surface area contributed by atoms with Gasteiger partial charge in [-0.05, 0) is 30.1 Å². The third kappa shape index (κ3) is 3.00. The van der Waals surface area contributed by atoms with Crippen molar-refractivity contribution in [3.8, 4) is 5.69 Å². The fourth-order valence-corrected chi connectivity index (χ4v) is 3.39. The van der Waals surface area contributed by atoms with Crippen LogP contribution in [-0.4, -0.2) is 21.5 Å². The molecule has 4 nitrogen and oxygen atoms in total. The summed E-state index contributed by atoms with van der Waals surface area (Å²) in [6.07, 6.45) is 1.79. The van der Waals surface area contributed by atoms with Gasteiger partial charge in [-0.1, -0.05) is 36.7 Å². The third-order valence-electron chi connectivity index (χ3n) is 3.11. The Hall–Kier alpha value is -1.69. The highest BCUT2D eigenvalue weighted by atomic mass is 35.5. The number of nitrogens with zero attached hydrogens (tertiary/aromatic N) is 3. The van der Waals surface area contributed by atoms with Crippen LogP contribution in [-0.2, 0) is 0 Å². The largest absolute Gasteiger partial charge is 0.304 e. The van der Waals surface area contributed by atoms with Crippen LogP contribution in [0.1, 0.15) is 23.5 Å². The van der Waals surface area contributed by atoms with Gasteiger partial charge in [-0.2, -0.15) is 15.0 Å². The van der Waals surface area contributed by atoms with Gasteiger partial charge in [0, 0.05) is 4.88 Å². The van der Waals surface area contributed by atoms with Crippen LogP contribution in [0.5, 0.6) is 0 Å². The molecule has 0 spiro atoms. The summed E-state index contributed by atoms with van der Waals surface area (Å²) in [6.45, 7) is 2.90. The number of hydrogen-bond acceptors (Lipinski definition) is 4. The second-order valence-corrected chi connectivity index (χ2v) is 5.87. The monoisotopic (exact) mass is 318 g/mol. The average Bonchev–Trinajstić information content (AvgIpc) is 3.15. The molecule has 0 aliphatic rings. The molecule has 1 atom stereocenters. The predicted molar refractivity (Wildman–Crippen MR) is 86.2 cm³/mol. The highest BCUT2D eigenvalue weighted by Gasteiger charge is 2.20. The summed E-state index contributed by atoms with van der Waals surface area (Å²) in [7, 11) is 0. The molecule has 0 radical (unpaired) electrons. The molecule has 3 rings (SSSR count). The maximum atomic E-state index is 6.26. The van der Waals surface area contributed by atoms with Crippen LogP contribution in [0.3, 0.4) is 0 Å². The highest BCUT2D eigenvalue weighted by molar-refractivity contribution is 7.10. The zero-order valence-electron chi connectivity index (χ0n) is 11.5. The van der Waals surface area contributed by atoms with E-state index in [1.165, 1.54) is 0 Å². The van der Waals surface area contributed by atoms with Crippen LogP contribution >= 0.6 is 22.9 Å². The van der Waals surface area contributed by atoms with Gasteiger partial charge in [-0.15, -0.1) is 11.3 Å². The first-order valence-corrected chi connectivity index (χ1v) is 7.99. The lowest BCUT2D eigenvalue weighted by Crippen LogP contribution is -2.22. The van der Waals surface area contributed by atoms with Crippen LogP contribution in [0, 0.1) is 0 Å². The van der Waals surface area contributed by atoms with E-state index in [1.807, 2.05) is 41.8 Å². The number of nitrogens with one attached hydrogen (secondary N) is 1. The van der Waals surface area contributed by atoms with Crippen molar-refractivity contribution in [1.82, 2.24) is 20.3 Å². The number of benzene rings is 1. The quantitative estimate of drug-likeness (QED) is 0.780. The minimum atomic E-state index is -0.0278. The van der Waals surface area contributed by atoms with E-state index in [0.29, 0.717) is 0 Å². The lowest BCUT2D eigenvalue weighted by atomic mass is 10.2. The fraction of sp³-hybridized carbons (Fsp3) is 0.200. The number of hydrogen-bond donors (Lipinski definition) is 1. The zero-order valence-corrected chi connectivity index (χ0v) is 13.1. The molecular formula is C15H15ClN4S. The van der Waals surface area contributed by atoms with E-state index < -0.39 is 0 Å². The van der Waals surface area contributed by atoms with Gasteiger partial charge in [0.25, 0.3) is 0 Å². The molecule has 0 bridgehead atoms. The normalized spacial score (nSPS) is 12.5. The molecule has 0 aliphatic carbocycles. The molecule has 0 amide bonds. The summed E-state index contributed by atoms with van der Waals surface area (Å²) >= 11 is 7.89. The smallest absolute Gasteiger partial charge is 0.105 e. The van der Waals surface area contributed by atoms with Gasteiger partial charge in [0.1, 0.15) is 5.69 Å². The number of halogens is 1. The second-order valence-electron chi connectivity index (χ2n) is 4.52. The Bertz CT molecular complexity index is 707. The molecule has 21 heavy (non-hydrogen) atoms. The molecule has 0 aliphatic heterocycles. The molecule has 1 aromatic carbocycles. The van der Waals surface area contributed by atoms with E-state index in [1.54, 1.807) is 22.3 Å². The summed E-state index contributed by atoms with van der Waals surface area (Å²) in [5.74, 6) is 0. The molecule has 0 saturated heterocycles. The van der Waals surface area contributed by atoms with Crippen molar-refractivity contribution in [2.75, 3.05) is 6.54 Å². The van der Waals surface area contributed by atoms with Crippen molar-refractivity contribution in [2.45, 2.75) is 13.0 Å². The first-order chi connectivity index (χ1) is 10.3. The van der Waals surface area contributed by atoms with Gasteiger partial charge < -0.3 is 5.32 Å². The van der Waals surface area contributed by atoms with Gasteiger partial charge >= 0.3 is 0 Å². The van der Waals surface area contributed by atoms with Crippen molar-refractivity contribution in [2.24, 2.45) is 0 Å². The molecule has 1 unspecified atom stereocenters. The fourth-order valence-electron chi connectivity index (χ4n) is 2.14. The zero-order chi connectivity index (χ0) is 14.7. The molecule has 0 fully saturated rings. The lowest BCUT2D eigenvalue weighted by molar-refractivity contribution is 0.613. The van der Waals surface area contributed by atoms with Gasteiger partial charge in [0.05, 0.1) is 22.9 Å². The molecule has 1 N–H and O–H groups in total. The highest BCUT2D eigenvalue weighted by Crippen LogP contribution is 2.32. The maximum Gasteiger partial charge on any atom is 0.105 e. The van der Waals surface area contributed by atoms with Crippen LogP contribution in [0.4, 0.5) is 0 Å². The Morgan fingerprint density at radius 3 is 2.76 bits per heavy atom. The van der Waals surface area contributed by atoms with Crippen LogP contribution < -0.4 is 5.32 Å². The summed E-state index contributed by atoms with van der Waals surface area (Å²) < 4.78 is 0. The van der Waals surface area contributed by atoms with Crippen molar-refractivity contribution in [1.29, 1.82) is 0 Å². The Kier molecular flexibility index (Phi) is 4.34. The van der Waals surface area contributed by atoms with Gasteiger partial charge in [-0.25, -0.2) is 0 Å². The van der Waals surface area contributed by atoms with E-state index in [2.05, 4.69) is 22.4 Å². The van der Waals surface area contributed by atoms with E-state index in [4.69, 9.17) is 11.6 Å². The van der Waals surface area contributed by atoms with E-state index >= 15 is 0 Å². The predicted octanol–water partition coefficient (Wildman–Crippen LogP) is 3.68. The SMILES string of the molecule is CCNC(c1cnn(-c2ccccc2)n1)c1sccc1Cl. The molecular weight excluding hydrogens is 304 g/mol. The number of rotatable bonds is 5. The van der Waals surface area contributed by atoms with Gasteiger partial charge in [0.2, 0.25) is 0 Å². The lowest BCUT2D eigenvalue weighted by Gasteiger charge is -2.14. The Balaban J connectivity index is 1.95. The standard InChI is InChI=1S/C15H15ClN4S/c1-2-17-14(15-12(16)8-9-21-15)13-10-18-20(19-13)11-6-4-3-5-7-11/h3-10,14,17H,2H2,1H3. The van der Waals surface area contributed by atoms with Crippen LogP contribution in [0.2, 0.25) is 5.02 Å². The van der Waals surface area contributed by atoms with E-state index in [-0.39, 0.29) is 6.04 Å². The average molecular weight is 319 g/mol. The molecule has 6 heteroatoms. The summed E-state index contributed by atoms with van der Waals surface area (Å²) in [5, 5.41) is 15.1. The van der Waals surface area contributed by atoms with Crippen molar-refractivity contribution < 1.29 is 0 Å².